The van der Waals surface area contributed by atoms with Crippen LogP contribution in [0.1, 0.15) is 10.4 Å². The second-order valence-corrected chi connectivity index (χ2v) is 4.65. The Kier molecular flexibility index (Phi) is 4.30. The van der Waals surface area contributed by atoms with Gasteiger partial charge in [0.15, 0.2) is 0 Å². The number of benzene rings is 2. The zero-order valence-corrected chi connectivity index (χ0v) is 11.6. The zero-order chi connectivity index (χ0) is 13.8. The monoisotopic (exact) mass is 295 g/mol. The number of anilines is 1. The summed E-state index contributed by atoms with van der Waals surface area (Å²) < 4.78 is 5.09. The SMILES string of the molecule is COc1cccc(NC(=O)c2cc(Cl)ccc2Cl)c1. The maximum atomic E-state index is 12.1. The molecule has 0 aliphatic carbocycles. The molecule has 98 valence electrons. The minimum Gasteiger partial charge on any atom is -0.497 e. The van der Waals surface area contributed by atoms with E-state index in [4.69, 9.17) is 27.9 Å². The Hall–Kier alpha value is -1.71. The molecule has 0 saturated heterocycles. The van der Waals surface area contributed by atoms with Crippen molar-refractivity contribution in [3.63, 3.8) is 0 Å². The van der Waals surface area contributed by atoms with Gasteiger partial charge in [0.1, 0.15) is 5.75 Å². The summed E-state index contributed by atoms with van der Waals surface area (Å²) in [6.45, 7) is 0. The maximum Gasteiger partial charge on any atom is 0.257 e. The van der Waals surface area contributed by atoms with Crippen LogP contribution in [0.25, 0.3) is 0 Å². The highest BCUT2D eigenvalue weighted by Crippen LogP contribution is 2.23. The molecule has 0 radical (unpaired) electrons. The lowest BCUT2D eigenvalue weighted by Crippen LogP contribution is -2.12. The molecule has 0 bridgehead atoms. The molecule has 0 unspecified atom stereocenters. The predicted octanol–water partition coefficient (Wildman–Crippen LogP) is 4.25. The second kappa shape index (κ2) is 5.95. The van der Waals surface area contributed by atoms with E-state index in [0.717, 1.165) is 0 Å². The van der Waals surface area contributed by atoms with Crippen molar-refractivity contribution in [3.05, 3.63) is 58.1 Å². The third-order valence-corrected chi connectivity index (χ3v) is 3.07. The van der Waals surface area contributed by atoms with E-state index in [1.165, 1.54) is 6.07 Å². The van der Waals surface area contributed by atoms with Crippen molar-refractivity contribution in [1.29, 1.82) is 0 Å². The fourth-order valence-corrected chi connectivity index (χ4v) is 1.95. The van der Waals surface area contributed by atoms with Crippen molar-refractivity contribution in [2.75, 3.05) is 12.4 Å². The van der Waals surface area contributed by atoms with Crippen LogP contribution < -0.4 is 10.1 Å². The molecule has 2 aromatic carbocycles. The van der Waals surface area contributed by atoms with E-state index in [1.54, 1.807) is 43.5 Å². The van der Waals surface area contributed by atoms with Crippen molar-refractivity contribution >= 4 is 34.8 Å². The van der Waals surface area contributed by atoms with Crippen LogP contribution in [-0.4, -0.2) is 13.0 Å². The highest BCUT2D eigenvalue weighted by molar-refractivity contribution is 6.36. The molecule has 0 aliphatic rings. The molecule has 2 rings (SSSR count). The number of carbonyl (C=O) groups excluding carboxylic acids is 1. The van der Waals surface area contributed by atoms with Crippen LogP contribution in [0.4, 0.5) is 5.69 Å². The van der Waals surface area contributed by atoms with Crippen molar-refractivity contribution in [1.82, 2.24) is 0 Å². The molecule has 3 nitrogen and oxygen atoms in total. The summed E-state index contributed by atoms with van der Waals surface area (Å²) in [7, 11) is 1.56. The van der Waals surface area contributed by atoms with E-state index < -0.39 is 0 Å². The lowest BCUT2D eigenvalue weighted by molar-refractivity contribution is 0.102. The Morgan fingerprint density at radius 2 is 1.95 bits per heavy atom. The summed E-state index contributed by atoms with van der Waals surface area (Å²) >= 11 is 11.8. The molecule has 19 heavy (non-hydrogen) atoms. The summed E-state index contributed by atoms with van der Waals surface area (Å²) in [5.74, 6) is 0.343. The first-order valence-corrected chi connectivity index (χ1v) is 6.26. The Bertz CT molecular complexity index is 614. The highest BCUT2D eigenvalue weighted by Gasteiger charge is 2.11. The molecule has 0 aromatic heterocycles. The minimum atomic E-state index is -0.319. The van der Waals surface area contributed by atoms with Gasteiger partial charge in [0.2, 0.25) is 0 Å². The molecular weight excluding hydrogens is 285 g/mol. The van der Waals surface area contributed by atoms with E-state index in [2.05, 4.69) is 5.32 Å². The summed E-state index contributed by atoms with van der Waals surface area (Å²) in [4.78, 5) is 12.1. The quantitative estimate of drug-likeness (QED) is 0.919. The number of methoxy groups -OCH3 is 1. The first-order chi connectivity index (χ1) is 9.10. The van der Waals surface area contributed by atoms with Gasteiger partial charge in [0.05, 0.1) is 17.7 Å². The molecule has 0 aliphatic heterocycles. The summed E-state index contributed by atoms with van der Waals surface area (Å²) in [5.41, 5.74) is 0.956. The normalized spacial score (nSPS) is 10.1. The Labute approximate surface area is 121 Å². The van der Waals surface area contributed by atoms with E-state index in [9.17, 15) is 4.79 Å². The van der Waals surface area contributed by atoms with E-state index >= 15 is 0 Å². The van der Waals surface area contributed by atoms with Gasteiger partial charge in [-0.1, -0.05) is 29.3 Å². The fourth-order valence-electron chi connectivity index (χ4n) is 1.57. The van der Waals surface area contributed by atoms with E-state index in [1.807, 2.05) is 0 Å². The number of hydrogen-bond acceptors (Lipinski definition) is 2. The average Bonchev–Trinajstić information content (AvgIpc) is 2.41. The number of nitrogens with one attached hydrogen (secondary N) is 1. The average molecular weight is 296 g/mol. The molecule has 1 N–H and O–H groups in total. The van der Waals surface area contributed by atoms with Crippen LogP contribution in [0.15, 0.2) is 42.5 Å². The van der Waals surface area contributed by atoms with E-state index in [-0.39, 0.29) is 5.91 Å². The second-order valence-electron chi connectivity index (χ2n) is 3.81. The first kappa shape index (κ1) is 13.7. The van der Waals surface area contributed by atoms with Gasteiger partial charge in [0, 0.05) is 16.8 Å². The maximum absolute atomic E-state index is 12.1. The standard InChI is InChI=1S/C14H11Cl2NO2/c1-19-11-4-2-3-10(8-11)17-14(18)12-7-9(15)5-6-13(12)16/h2-8H,1H3,(H,17,18). The number of rotatable bonds is 3. The Balaban J connectivity index is 2.23. The van der Waals surface area contributed by atoms with Gasteiger partial charge in [-0.05, 0) is 30.3 Å². The van der Waals surface area contributed by atoms with Crippen LogP contribution in [-0.2, 0) is 0 Å². The molecule has 0 saturated carbocycles. The largest absolute Gasteiger partial charge is 0.497 e. The zero-order valence-electron chi connectivity index (χ0n) is 10.1. The van der Waals surface area contributed by atoms with Crippen molar-refractivity contribution in [2.45, 2.75) is 0 Å². The van der Waals surface area contributed by atoms with Gasteiger partial charge in [0.25, 0.3) is 5.91 Å². The minimum absolute atomic E-state index is 0.319. The highest BCUT2D eigenvalue weighted by atomic mass is 35.5. The van der Waals surface area contributed by atoms with Gasteiger partial charge in [-0.2, -0.15) is 0 Å². The van der Waals surface area contributed by atoms with Gasteiger partial charge >= 0.3 is 0 Å². The van der Waals surface area contributed by atoms with Crippen molar-refractivity contribution in [2.24, 2.45) is 0 Å². The number of ether oxygens (including phenoxy) is 1. The lowest BCUT2D eigenvalue weighted by atomic mass is 10.2. The van der Waals surface area contributed by atoms with E-state index in [0.29, 0.717) is 27.0 Å². The van der Waals surface area contributed by atoms with Crippen LogP contribution >= 0.6 is 23.2 Å². The fraction of sp³-hybridized carbons (Fsp3) is 0.0714. The molecule has 2 aromatic rings. The molecule has 0 fully saturated rings. The van der Waals surface area contributed by atoms with Gasteiger partial charge in [-0.25, -0.2) is 0 Å². The first-order valence-electron chi connectivity index (χ1n) is 5.50. The van der Waals surface area contributed by atoms with Crippen LogP contribution in [0.2, 0.25) is 10.0 Å². The summed E-state index contributed by atoms with van der Waals surface area (Å²) in [6, 6.07) is 11.8. The number of halogens is 2. The van der Waals surface area contributed by atoms with Crippen LogP contribution in [0, 0.1) is 0 Å². The molecule has 1 amide bonds. The Morgan fingerprint density at radius 3 is 2.68 bits per heavy atom. The third-order valence-electron chi connectivity index (χ3n) is 2.50. The van der Waals surface area contributed by atoms with Gasteiger partial charge in [-0.15, -0.1) is 0 Å². The molecule has 5 heteroatoms. The number of hydrogen-bond donors (Lipinski definition) is 1. The van der Waals surface area contributed by atoms with Crippen molar-refractivity contribution in [3.8, 4) is 5.75 Å². The summed E-state index contributed by atoms with van der Waals surface area (Å²) in [5, 5.41) is 3.55. The Morgan fingerprint density at radius 1 is 1.16 bits per heavy atom. The van der Waals surface area contributed by atoms with Crippen molar-refractivity contribution < 1.29 is 9.53 Å². The number of amides is 1. The topological polar surface area (TPSA) is 38.3 Å². The molecule has 0 heterocycles. The molecular formula is C14H11Cl2NO2. The predicted molar refractivity (Wildman–Crippen MR) is 77.4 cm³/mol. The van der Waals surface area contributed by atoms with Gasteiger partial charge < -0.3 is 10.1 Å². The lowest BCUT2D eigenvalue weighted by Gasteiger charge is -2.08. The molecule has 0 atom stereocenters. The van der Waals surface area contributed by atoms with Gasteiger partial charge in [-0.3, -0.25) is 4.79 Å². The summed E-state index contributed by atoms with van der Waals surface area (Å²) in [6.07, 6.45) is 0. The number of carbonyl (C=O) groups is 1. The third kappa shape index (κ3) is 3.40. The van der Waals surface area contributed by atoms with Crippen LogP contribution in [0.5, 0.6) is 5.75 Å². The van der Waals surface area contributed by atoms with Crippen LogP contribution in [0.3, 0.4) is 0 Å². The smallest absolute Gasteiger partial charge is 0.257 e. The molecule has 0 spiro atoms.